The Morgan fingerprint density at radius 3 is 2.72 bits per heavy atom. The zero-order valence-electron chi connectivity index (χ0n) is 15.4. The fourth-order valence-electron chi connectivity index (χ4n) is 3.45. The molecule has 3 heterocycles. The van der Waals surface area contributed by atoms with Crippen molar-refractivity contribution in [2.75, 3.05) is 0 Å². The molecule has 0 fully saturated rings. The number of thiazole rings is 1. The van der Waals surface area contributed by atoms with Crippen LogP contribution in [0.1, 0.15) is 4.88 Å². The van der Waals surface area contributed by atoms with Gasteiger partial charge in [-0.05, 0) is 49.4 Å². The standard InChI is InChI=1S/C23H15ClFN3S/c1-13-22(28-23(29-13)15-4-3-9-26-12-15)14-7-8-19-16(10-14)11-20(27-19)21-17(24)5-2-6-18(21)25/h2-12,27H,1H3. The second kappa shape index (κ2) is 7.10. The van der Waals surface area contributed by atoms with Crippen molar-refractivity contribution in [3.8, 4) is 33.1 Å². The monoisotopic (exact) mass is 419 g/mol. The number of benzene rings is 2. The number of fused-ring (bicyclic) bond motifs is 1. The van der Waals surface area contributed by atoms with E-state index in [0.717, 1.165) is 37.6 Å². The average Bonchev–Trinajstić information content (AvgIpc) is 3.31. The summed E-state index contributed by atoms with van der Waals surface area (Å²) in [6.45, 7) is 2.07. The second-order valence-electron chi connectivity index (χ2n) is 6.75. The van der Waals surface area contributed by atoms with Gasteiger partial charge in [-0.2, -0.15) is 0 Å². The van der Waals surface area contributed by atoms with Crippen LogP contribution in [0, 0.1) is 12.7 Å². The molecular weight excluding hydrogens is 405 g/mol. The maximum absolute atomic E-state index is 14.3. The molecule has 3 aromatic heterocycles. The van der Waals surface area contributed by atoms with E-state index < -0.39 is 0 Å². The molecule has 142 valence electrons. The molecule has 5 rings (SSSR count). The number of aromatic amines is 1. The number of rotatable bonds is 3. The smallest absolute Gasteiger partial charge is 0.134 e. The SMILES string of the molecule is Cc1sc(-c2cccnc2)nc1-c1ccc2[nH]c(-c3c(F)cccc3Cl)cc2c1. The predicted octanol–water partition coefficient (Wildman–Crippen LogP) is 7.12. The van der Waals surface area contributed by atoms with Crippen molar-refractivity contribution in [2.24, 2.45) is 0 Å². The minimum absolute atomic E-state index is 0.347. The highest BCUT2D eigenvalue weighted by Gasteiger charge is 2.15. The lowest BCUT2D eigenvalue weighted by atomic mass is 10.1. The summed E-state index contributed by atoms with van der Waals surface area (Å²) in [6.07, 6.45) is 3.58. The molecule has 0 aliphatic carbocycles. The lowest BCUT2D eigenvalue weighted by molar-refractivity contribution is 0.631. The molecule has 6 heteroatoms. The Morgan fingerprint density at radius 1 is 1.03 bits per heavy atom. The fraction of sp³-hybridized carbons (Fsp3) is 0.0435. The third kappa shape index (κ3) is 3.22. The van der Waals surface area contributed by atoms with Gasteiger partial charge in [0.05, 0.1) is 22.0 Å². The van der Waals surface area contributed by atoms with Crippen LogP contribution in [0.25, 0.3) is 44.0 Å². The number of H-pyrrole nitrogens is 1. The first kappa shape index (κ1) is 18.0. The topological polar surface area (TPSA) is 41.6 Å². The maximum Gasteiger partial charge on any atom is 0.134 e. The van der Waals surface area contributed by atoms with Crippen LogP contribution in [0.15, 0.2) is 67.0 Å². The van der Waals surface area contributed by atoms with Gasteiger partial charge in [-0.25, -0.2) is 9.37 Å². The van der Waals surface area contributed by atoms with Crippen molar-refractivity contribution in [3.63, 3.8) is 0 Å². The highest BCUT2D eigenvalue weighted by Crippen LogP contribution is 2.36. The normalized spacial score (nSPS) is 11.3. The van der Waals surface area contributed by atoms with Gasteiger partial charge in [0.1, 0.15) is 10.8 Å². The van der Waals surface area contributed by atoms with Crippen molar-refractivity contribution in [3.05, 3.63) is 82.7 Å². The van der Waals surface area contributed by atoms with Gasteiger partial charge in [-0.3, -0.25) is 4.98 Å². The molecule has 0 bridgehead atoms. The van der Waals surface area contributed by atoms with E-state index in [0.29, 0.717) is 16.3 Å². The Kier molecular flexibility index (Phi) is 4.42. The minimum atomic E-state index is -0.347. The van der Waals surface area contributed by atoms with Crippen LogP contribution in [-0.2, 0) is 0 Å². The molecule has 0 radical (unpaired) electrons. The summed E-state index contributed by atoms with van der Waals surface area (Å²) in [5.74, 6) is -0.347. The summed E-state index contributed by atoms with van der Waals surface area (Å²) in [6, 6.07) is 16.6. The zero-order chi connectivity index (χ0) is 20.0. The molecular formula is C23H15ClFN3S. The lowest BCUT2D eigenvalue weighted by Crippen LogP contribution is -1.85. The zero-order valence-corrected chi connectivity index (χ0v) is 17.0. The number of aromatic nitrogens is 3. The van der Waals surface area contributed by atoms with Gasteiger partial charge in [0, 0.05) is 39.3 Å². The first-order chi connectivity index (χ1) is 14.1. The molecule has 0 amide bonds. The molecule has 2 aromatic carbocycles. The van der Waals surface area contributed by atoms with Gasteiger partial charge in [-0.15, -0.1) is 11.3 Å². The third-order valence-corrected chi connectivity index (χ3v) is 6.17. The van der Waals surface area contributed by atoms with Crippen LogP contribution < -0.4 is 0 Å². The number of aryl methyl sites for hydroxylation is 1. The number of hydrogen-bond donors (Lipinski definition) is 1. The van der Waals surface area contributed by atoms with Crippen molar-refractivity contribution < 1.29 is 4.39 Å². The molecule has 1 N–H and O–H groups in total. The van der Waals surface area contributed by atoms with Gasteiger partial charge >= 0.3 is 0 Å². The Labute approximate surface area is 175 Å². The van der Waals surface area contributed by atoms with E-state index in [1.54, 1.807) is 29.7 Å². The number of halogens is 2. The molecule has 5 aromatic rings. The lowest BCUT2D eigenvalue weighted by Gasteiger charge is -2.02. The summed E-state index contributed by atoms with van der Waals surface area (Å²) >= 11 is 7.87. The minimum Gasteiger partial charge on any atom is -0.354 e. The Balaban J connectivity index is 1.59. The number of pyridine rings is 1. The van der Waals surface area contributed by atoms with Gasteiger partial charge in [-0.1, -0.05) is 23.7 Å². The van der Waals surface area contributed by atoms with E-state index in [1.807, 2.05) is 36.5 Å². The van der Waals surface area contributed by atoms with E-state index in [9.17, 15) is 4.39 Å². The molecule has 0 unspecified atom stereocenters. The van der Waals surface area contributed by atoms with E-state index in [2.05, 4.69) is 23.0 Å². The maximum atomic E-state index is 14.3. The van der Waals surface area contributed by atoms with Gasteiger partial charge < -0.3 is 4.98 Å². The molecule has 0 spiro atoms. The third-order valence-electron chi connectivity index (χ3n) is 4.83. The summed E-state index contributed by atoms with van der Waals surface area (Å²) in [4.78, 5) is 13.4. The molecule has 0 aliphatic rings. The molecule has 0 aliphatic heterocycles. The van der Waals surface area contributed by atoms with Crippen molar-refractivity contribution in [1.82, 2.24) is 15.0 Å². The molecule has 29 heavy (non-hydrogen) atoms. The van der Waals surface area contributed by atoms with E-state index in [-0.39, 0.29) is 5.82 Å². The number of nitrogens with zero attached hydrogens (tertiary/aromatic N) is 2. The van der Waals surface area contributed by atoms with Crippen molar-refractivity contribution >= 4 is 33.8 Å². The van der Waals surface area contributed by atoms with Crippen LogP contribution in [0.5, 0.6) is 0 Å². The number of nitrogens with one attached hydrogen (secondary N) is 1. The van der Waals surface area contributed by atoms with Gasteiger partial charge in [0.2, 0.25) is 0 Å². The Morgan fingerprint density at radius 2 is 1.93 bits per heavy atom. The fourth-order valence-corrected chi connectivity index (χ4v) is 4.64. The summed E-state index contributed by atoms with van der Waals surface area (Å²) in [5.41, 5.74) is 4.94. The van der Waals surface area contributed by atoms with E-state index in [1.165, 1.54) is 6.07 Å². The Hall–Kier alpha value is -3.02. The van der Waals surface area contributed by atoms with Crippen molar-refractivity contribution in [2.45, 2.75) is 6.92 Å². The molecule has 3 nitrogen and oxygen atoms in total. The van der Waals surface area contributed by atoms with Crippen molar-refractivity contribution in [1.29, 1.82) is 0 Å². The average molecular weight is 420 g/mol. The summed E-state index contributed by atoms with van der Waals surface area (Å²) in [7, 11) is 0. The van der Waals surface area contributed by atoms with Crippen LogP contribution in [-0.4, -0.2) is 15.0 Å². The second-order valence-corrected chi connectivity index (χ2v) is 8.36. The van der Waals surface area contributed by atoms with Gasteiger partial charge in [0.25, 0.3) is 0 Å². The molecule has 0 atom stereocenters. The highest BCUT2D eigenvalue weighted by molar-refractivity contribution is 7.15. The first-order valence-electron chi connectivity index (χ1n) is 9.05. The van der Waals surface area contributed by atoms with E-state index in [4.69, 9.17) is 16.6 Å². The van der Waals surface area contributed by atoms with E-state index >= 15 is 0 Å². The highest BCUT2D eigenvalue weighted by atomic mass is 35.5. The Bertz CT molecular complexity index is 1320. The van der Waals surface area contributed by atoms with Crippen LogP contribution in [0.2, 0.25) is 5.02 Å². The van der Waals surface area contributed by atoms with Crippen LogP contribution in [0.4, 0.5) is 4.39 Å². The summed E-state index contributed by atoms with van der Waals surface area (Å²) < 4.78 is 14.3. The van der Waals surface area contributed by atoms with Crippen LogP contribution >= 0.6 is 22.9 Å². The molecule has 0 saturated carbocycles. The quantitative estimate of drug-likeness (QED) is 0.338. The number of hydrogen-bond acceptors (Lipinski definition) is 3. The largest absolute Gasteiger partial charge is 0.354 e. The molecule has 0 saturated heterocycles. The summed E-state index contributed by atoms with van der Waals surface area (Å²) in [5, 5.41) is 2.30. The predicted molar refractivity (Wildman–Crippen MR) is 118 cm³/mol. The van der Waals surface area contributed by atoms with Crippen LogP contribution in [0.3, 0.4) is 0 Å². The first-order valence-corrected chi connectivity index (χ1v) is 10.2. The van der Waals surface area contributed by atoms with Gasteiger partial charge in [0.15, 0.2) is 0 Å².